The lowest BCUT2D eigenvalue weighted by Gasteiger charge is -2.05. The Morgan fingerprint density at radius 1 is 1.33 bits per heavy atom. The summed E-state index contributed by atoms with van der Waals surface area (Å²) < 4.78 is 5.97. The van der Waals surface area contributed by atoms with Gasteiger partial charge in [0.15, 0.2) is 5.75 Å². The van der Waals surface area contributed by atoms with E-state index in [2.05, 4.69) is 25.9 Å². The number of fused-ring (bicyclic) bond motifs is 1. The summed E-state index contributed by atoms with van der Waals surface area (Å²) in [5, 5.41) is 13.3. The van der Waals surface area contributed by atoms with Crippen molar-refractivity contribution in [1.29, 1.82) is 0 Å². The number of aryl methyl sites for hydroxylation is 1. The first-order chi connectivity index (χ1) is 13.0. The van der Waals surface area contributed by atoms with Crippen LogP contribution in [0.15, 0.2) is 58.6 Å². The van der Waals surface area contributed by atoms with E-state index in [1.807, 2.05) is 37.3 Å². The molecule has 4 aromatic rings. The van der Waals surface area contributed by atoms with Crippen LogP contribution in [-0.2, 0) is 0 Å². The van der Waals surface area contributed by atoms with E-state index in [1.165, 1.54) is 22.6 Å². The number of hydrogen-bond donors (Lipinski definition) is 2. The molecule has 0 radical (unpaired) electrons. The van der Waals surface area contributed by atoms with Crippen molar-refractivity contribution >= 4 is 40.6 Å². The largest absolute Gasteiger partial charge is 0.511 e. The number of carboxylic acid groups (broad SMARTS) is 1. The molecule has 2 aromatic carbocycles. The third kappa shape index (κ3) is 3.76. The smallest absolute Gasteiger partial charge is 0.449 e. The van der Waals surface area contributed by atoms with Gasteiger partial charge in [-0.2, -0.15) is 5.10 Å². The molecule has 2 aromatic heterocycles. The van der Waals surface area contributed by atoms with Gasteiger partial charge in [0.2, 0.25) is 5.95 Å². The molecule has 136 valence electrons. The van der Waals surface area contributed by atoms with Crippen LogP contribution in [0, 0.1) is 6.92 Å². The highest BCUT2D eigenvalue weighted by Gasteiger charge is 2.12. The van der Waals surface area contributed by atoms with Crippen LogP contribution in [0.2, 0.25) is 5.02 Å². The van der Waals surface area contributed by atoms with E-state index in [0.29, 0.717) is 11.0 Å². The molecule has 0 saturated carbocycles. The molecule has 0 amide bonds. The Kier molecular flexibility index (Phi) is 4.51. The number of nitrogens with one attached hydrogen (secondary N) is 1. The fraction of sp³-hybridized carbons (Fsp3) is 0.0556. The van der Waals surface area contributed by atoms with E-state index in [-0.39, 0.29) is 5.75 Å². The molecule has 0 aliphatic heterocycles. The molecule has 2 heterocycles. The first kappa shape index (κ1) is 17.4. The topological polar surface area (TPSA) is 93.0 Å². The van der Waals surface area contributed by atoms with E-state index in [4.69, 9.17) is 16.7 Å². The average Bonchev–Trinajstić information content (AvgIpc) is 3.21. The number of aromatic amines is 1. The fourth-order valence-electron chi connectivity index (χ4n) is 2.57. The number of rotatable bonds is 4. The minimum atomic E-state index is -1.40. The lowest BCUT2D eigenvalue weighted by atomic mass is 10.2. The quantitative estimate of drug-likeness (QED) is 0.472. The van der Waals surface area contributed by atoms with Crippen LogP contribution in [0.4, 0.5) is 4.79 Å². The number of aromatic nitrogens is 4. The number of carbonyl (C=O) groups is 1. The molecule has 0 spiro atoms. The Bertz CT molecular complexity index is 1150. The number of ether oxygens (including phenoxy) is 1. The van der Waals surface area contributed by atoms with E-state index < -0.39 is 6.16 Å². The third-order valence-corrected chi connectivity index (χ3v) is 5.19. The molecule has 4 rings (SSSR count). The number of imidazole rings is 1. The van der Waals surface area contributed by atoms with Gasteiger partial charge in [-0.3, -0.25) is 0 Å². The Morgan fingerprint density at radius 3 is 2.96 bits per heavy atom. The molecular formula is C18H13ClN4O3S. The Hall–Kier alpha value is -2.97. The number of hydrogen-bond acceptors (Lipinski definition) is 5. The number of benzene rings is 2. The molecule has 0 saturated heterocycles. The van der Waals surface area contributed by atoms with Gasteiger partial charge in [0.1, 0.15) is 0 Å². The van der Waals surface area contributed by atoms with Crippen LogP contribution in [0.3, 0.4) is 0 Å². The Morgan fingerprint density at radius 2 is 2.19 bits per heavy atom. The molecule has 0 unspecified atom stereocenters. The number of H-pyrrole nitrogens is 1. The Labute approximate surface area is 162 Å². The van der Waals surface area contributed by atoms with Crippen molar-refractivity contribution in [3.05, 3.63) is 59.4 Å². The van der Waals surface area contributed by atoms with Crippen LogP contribution < -0.4 is 4.74 Å². The van der Waals surface area contributed by atoms with E-state index >= 15 is 0 Å². The van der Waals surface area contributed by atoms with Gasteiger partial charge < -0.3 is 14.8 Å². The molecule has 27 heavy (non-hydrogen) atoms. The molecule has 0 aliphatic rings. The van der Waals surface area contributed by atoms with Crippen LogP contribution in [0.1, 0.15) is 5.56 Å². The predicted molar refractivity (Wildman–Crippen MR) is 102 cm³/mol. The summed E-state index contributed by atoms with van der Waals surface area (Å²) in [6, 6.07) is 11.9. The monoisotopic (exact) mass is 400 g/mol. The summed E-state index contributed by atoms with van der Waals surface area (Å²) in [5.74, 6) is 0.538. The molecule has 0 bridgehead atoms. The van der Waals surface area contributed by atoms with Crippen LogP contribution in [0.5, 0.6) is 5.75 Å². The SMILES string of the molecule is Cc1cccc(Sc2cc3nc(-n4cc(OC(=O)O)cn4)[nH]c3cc2Cl)c1. The normalized spacial score (nSPS) is 11.0. The van der Waals surface area contributed by atoms with E-state index in [1.54, 1.807) is 11.8 Å². The standard InChI is InChI=1S/C18H13ClN4O3S/c1-10-3-2-4-12(5-10)27-16-7-15-14(6-13(16)19)21-17(22-15)23-9-11(8-20-23)26-18(24)25/h2-9H,1H3,(H,21,22)(H,24,25). The highest BCUT2D eigenvalue weighted by Crippen LogP contribution is 2.36. The van der Waals surface area contributed by atoms with E-state index in [0.717, 1.165) is 20.8 Å². The third-order valence-electron chi connectivity index (χ3n) is 3.72. The first-order valence-corrected chi connectivity index (χ1v) is 9.07. The zero-order valence-corrected chi connectivity index (χ0v) is 15.6. The highest BCUT2D eigenvalue weighted by molar-refractivity contribution is 7.99. The summed E-state index contributed by atoms with van der Waals surface area (Å²) in [7, 11) is 0. The summed E-state index contributed by atoms with van der Waals surface area (Å²) in [4.78, 5) is 20.2. The molecular weight excluding hydrogens is 388 g/mol. The summed E-state index contributed by atoms with van der Waals surface area (Å²) in [6.07, 6.45) is 1.33. The molecule has 7 nitrogen and oxygen atoms in total. The molecule has 0 atom stereocenters. The van der Waals surface area contributed by atoms with E-state index in [9.17, 15) is 4.79 Å². The lowest BCUT2D eigenvalue weighted by Crippen LogP contribution is -2.02. The van der Waals surface area contributed by atoms with Gasteiger partial charge >= 0.3 is 6.16 Å². The van der Waals surface area contributed by atoms with Gasteiger partial charge in [0.25, 0.3) is 0 Å². The van der Waals surface area contributed by atoms with Crippen LogP contribution >= 0.6 is 23.4 Å². The average molecular weight is 401 g/mol. The highest BCUT2D eigenvalue weighted by atomic mass is 35.5. The number of nitrogens with zero attached hydrogens (tertiary/aromatic N) is 3. The maximum absolute atomic E-state index is 10.6. The minimum absolute atomic E-state index is 0.108. The zero-order chi connectivity index (χ0) is 19.0. The van der Waals surface area contributed by atoms with Crippen molar-refractivity contribution < 1.29 is 14.6 Å². The summed E-state index contributed by atoms with van der Waals surface area (Å²) in [5.41, 5.74) is 2.65. The second-order valence-corrected chi connectivity index (χ2v) is 7.29. The Balaban J connectivity index is 1.66. The van der Waals surface area contributed by atoms with Crippen molar-refractivity contribution in [2.45, 2.75) is 16.7 Å². The van der Waals surface area contributed by atoms with Crippen molar-refractivity contribution in [2.24, 2.45) is 0 Å². The van der Waals surface area contributed by atoms with Gasteiger partial charge in [-0.1, -0.05) is 41.1 Å². The van der Waals surface area contributed by atoms with Gasteiger partial charge in [-0.05, 0) is 31.2 Å². The molecule has 9 heteroatoms. The van der Waals surface area contributed by atoms with Gasteiger partial charge in [-0.25, -0.2) is 14.5 Å². The van der Waals surface area contributed by atoms with Crippen molar-refractivity contribution in [2.75, 3.05) is 0 Å². The predicted octanol–water partition coefficient (Wildman–Crippen LogP) is 4.92. The second-order valence-electron chi connectivity index (χ2n) is 5.77. The molecule has 2 N–H and O–H groups in total. The summed E-state index contributed by atoms with van der Waals surface area (Å²) in [6.45, 7) is 2.04. The van der Waals surface area contributed by atoms with Crippen LogP contribution in [-0.4, -0.2) is 31.0 Å². The lowest BCUT2D eigenvalue weighted by molar-refractivity contribution is 0.144. The van der Waals surface area contributed by atoms with Crippen molar-refractivity contribution in [3.8, 4) is 11.7 Å². The van der Waals surface area contributed by atoms with Gasteiger partial charge in [0, 0.05) is 9.79 Å². The molecule has 0 fully saturated rings. The number of halogens is 1. The van der Waals surface area contributed by atoms with Crippen LogP contribution in [0.25, 0.3) is 17.0 Å². The maximum Gasteiger partial charge on any atom is 0.511 e. The van der Waals surface area contributed by atoms with Crippen molar-refractivity contribution in [1.82, 2.24) is 19.7 Å². The van der Waals surface area contributed by atoms with Crippen molar-refractivity contribution in [3.63, 3.8) is 0 Å². The van der Waals surface area contributed by atoms with Gasteiger partial charge in [0.05, 0.1) is 28.4 Å². The molecule has 0 aliphatic carbocycles. The maximum atomic E-state index is 10.6. The van der Waals surface area contributed by atoms with Gasteiger partial charge in [-0.15, -0.1) is 0 Å². The second kappa shape index (κ2) is 6.98. The first-order valence-electron chi connectivity index (χ1n) is 7.87. The summed E-state index contributed by atoms with van der Waals surface area (Å²) >= 11 is 8.00. The minimum Gasteiger partial charge on any atom is -0.449 e. The fourth-order valence-corrected chi connectivity index (χ4v) is 3.82. The zero-order valence-electron chi connectivity index (χ0n) is 14.0.